The van der Waals surface area contributed by atoms with Crippen molar-refractivity contribution < 1.29 is 17.9 Å². The predicted molar refractivity (Wildman–Crippen MR) is 54.5 cm³/mol. The van der Waals surface area contributed by atoms with Crippen LogP contribution in [0.25, 0.3) is 0 Å². The minimum absolute atomic E-state index is 0.149. The number of nitrogens with one attached hydrogen (secondary N) is 1. The Morgan fingerprint density at radius 3 is 2.75 bits per heavy atom. The molecule has 0 amide bonds. The first kappa shape index (κ1) is 12.6. The summed E-state index contributed by atoms with van der Waals surface area (Å²) in [5.41, 5.74) is 0. The van der Waals surface area contributed by atoms with Gasteiger partial charge >= 0.3 is 6.18 Å². The van der Waals surface area contributed by atoms with Gasteiger partial charge in [-0.15, -0.1) is 0 Å². The molecule has 0 fully saturated rings. The van der Waals surface area contributed by atoms with Crippen molar-refractivity contribution >= 4 is 5.82 Å². The molecule has 1 heterocycles. The van der Waals surface area contributed by atoms with Gasteiger partial charge in [-0.05, 0) is 19.9 Å². The van der Waals surface area contributed by atoms with Crippen LogP contribution in [0.1, 0.15) is 13.8 Å². The second-order valence-electron chi connectivity index (χ2n) is 3.21. The van der Waals surface area contributed by atoms with Gasteiger partial charge in [-0.2, -0.15) is 13.2 Å². The van der Waals surface area contributed by atoms with Crippen LogP contribution in [0.3, 0.4) is 0 Å². The van der Waals surface area contributed by atoms with Gasteiger partial charge in [0, 0.05) is 18.8 Å². The number of hydrogen-bond acceptors (Lipinski definition) is 3. The number of halogens is 3. The Morgan fingerprint density at radius 2 is 2.19 bits per heavy atom. The van der Waals surface area contributed by atoms with Crippen LogP contribution in [-0.4, -0.2) is 23.8 Å². The molecule has 16 heavy (non-hydrogen) atoms. The quantitative estimate of drug-likeness (QED) is 0.869. The Balaban J connectivity index is 2.70. The summed E-state index contributed by atoms with van der Waals surface area (Å²) in [4.78, 5) is 3.93. The standard InChI is InChI=1S/C10H13F3N2O/c1-3-14-9-6-8(4-5-15-9)16-7(2)10(11,12)13/h4-7H,3H2,1-2H3,(H,14,15). The fourth-order valence-corrected chi connectivity index (χ4v) is 1.03. The first-order valence-electron chi connectivity index (χ1n) is 4.86. The van der Waals surface area contributed by atoms with Crippen molar-refractivity contribution in [2.24, 2.45) is 0 Å². The maximum Gasteiger partial charge on any atom is 0.425 e. The Hall–Kier alpha value is -1.46. The second kappa shape index (κ2) is 5.05. The molecule has 0 saturated heterocycles. The largest absolute Gasteiger partial charge is 0.481 e. The smallest absolute Gasteiger partial charge is 0.425 e. The lowest BCUT2D eigenvalue weighted by atomic mass is 10.3. The van der Waals surface area contributed by atoms with Gasteiger partial charge in [0.2, 0.25) is 0 Å². The molecule has 1 unspecified atom stereocenters. The maximum atomic E-state index is 12.2. The highest BCUT2D eigenvalue weighted by Gasteiger charge is 2.38. The number of ether oxygens (including phenoxy) is 1. The lowest BCUT2D eigenvalue weighted by Gasteiger charge is -2.17. The van der Waals surface area contributed by atoms with E-state index in [2.05, 4.69) is 10.3 Å². The Bertz CT molecular complexity index is 341. The van der Waals surface area contributed by atoms with Crippen molar-refractivity contribution in [3.8, 4) is 5.75 Å². The molecule has 0 aliphatic rings. The zero-order chi connectivity index (χ0) is 12.2. The fraction of sp³-hybridized carbons (Fsp3) is 0.500. The van der Waals surface area contributed by atoms with Crippen molar-refractivity contribution in [1.29, 1.82) is 0 Å². The zero-order valence-corrected chi connectivity index (χ0v) is 9.01. The molecular formula is C10H13F3N2O. The molecule has 1 N–H and O–H groups in total. The first-order valence-corrected chi connectivity index (χ1v) is 4.86. The van der Waals surface area contributed by atoms with Crippen LogP contribution < -0.4 is 10.1 Å². The number of pyridine rings is 1. The molecule has 0 aromatic carbocycles. The summed E-state index contributed by atoms with van der Waals surface area (Å²) >= 11 is 0. The molecule has 0 saturated carbocycles. The van der Waals surface area contributed by atoms with Crippen molar-refractivity contribution in [1.82, 2.24) is 4.98 Å². The average molecular weight is 234 g/mol. The van der Waals surface area contributed by atoms with Crippen molar-refractivity contribution in [2.45, 2.75) is 26.1 Å². The Kier molecular flexibility index (Phi) is 3.98. The third-order valence-electron chi connectivity index (χ3n) is 1.86. The molecule has 0 aliphatic heterocycles. The van der Waals surface area contributed by atoms with E-state index >= 15 is 0 Å². The van der Waals surface area contributed by atoms with Gasteiger partial charge in [0.05, 0.1) is 0 Å². The highest BCUT2D eigenvalue weighted by atomic mass is 19.4. The molecule has 0 spiro atoms. The number of aromatic nitrogens is 1. The normalized spacial score (nSPS) is 13.3. The topological polar surface area (TPSA) is 34.1 Å². The van der Waals surface area contributed by atoms with Crippen LogP contribution in [0.2, 0.25) is 0 Å². The molecule has 1 aromatic heterocycles. The lowest BCUT2D eigenvalue weighted by Crippen LogP contribution is -2.31. The summed E-state index contributed by atoms with van der Waals surface area (Å²) in [6.07, 6.45) is -4.79. The molecular weight excluding hydrogens is 221 g/mol. The third-order valence-corrected chi connectivity index (χ3v) is 1.86. The van der Waals surface area contributed by atoms with Gasteiger partial charge in [0.15, 0.2) is 6.10 Å². The Morgan fingerprint density at radius 1 is 1.50 bits per heavy atom. The van der Waals surface area contributed by atoms with E-state index in [1.807, 2.05) is 6.92 Å². The van der Waals surface area contributed by atoms with Crippen LogP contribution >= 0.6 is 0 Å². The monoisotopic (exact) mass is 234 g/mol. The van der Waals surface area contributed by atoms with Gasteiger partial charge in [-0.25, -0.2) is 4.98 Å². The molecule has 1 aromatic rings. The van der Waals surface area contributed by atoms with Crippen LogP contribution in [0, 0.1) is 0 Å². The van der Waals surface area contributed by atoms with Crippen LogP contribution in [-0.2, 0) is 0 Å². The van der Waals surface area contributed by atoms with E-state index in [-0.39, 0.29) is 5.75 Å². The summed E-state index contributed by atoms with van der Waals surface area (Å²) in [6.45, 7) is 3.48. The van der Waals surface area contributed by atoms with Gasteiger partial charge in [0.1, 0.15) is 11.6 Å². The highest BCUT2D eigenvalue weighted by molar-refractivity contribution is 5.40. The molecule has 0 radical (unpaired) electrons. The van der Waals surface area contributed by atoms with E-state index in [9.17, 15) is 13.2 Å². The van der Waals surface area contributed by atoms with E-state index in [0.717, 1.165) is 6.92 Å². The lowest BCUT2D eigenvalue weighted by molar-refractivity contribution is -0.189. The number of hydrogen-bond donors (Lipinski definition) is 1. The SMILES string of the molecule is CCNc1cc(OC(C)C(F)(F)F)ccn1. The van der Waals surface area contributed by atoms with E-state index in [1.165, 1.54) is 18.3 Å². The van der Waals surface area contributed by atoms with Crippen LogP contribution in [0.5, 0.6) is 5.75 Å². The predicted octanol–water partition coefficient (Wildman–Crippen LogP) is 2.84. The highest BCUT2D eigenvalue weighted by Crippen LogP contribution is 2.25. The summed E-state index contributed by atoms with van der Waals surface area (Å²) in [5.74, 6) is 0.644. The number of nitrogens with zero attached hydrogens (tertiary/aromatic N) is 1. The van der Waals surface area contributed by atoms with Gasteiger partial charge < -0.3 is 10.1 Å². The molecule has 0 bridgehead atoms. The molecule has 90 valence electrons. The number of alkyl halides is 3. The van der Waals surface area contributed by atoms with Crippen LogP contribution in [0.15, 0.2) is 18.3 Å². The molecule has 1 atom stereocenters. The maximum absolute atomic E-state index is 12.2. The van der Waals surface area contributed by atoms with E-state index in [1.54, 1.807) is 0 Å². The zero-order valence-electron chi connectivity index (χ0n) is 9.01. The van der Waals surface area contributed by atoms with E-state index in [4.69, 9.17) is 4.74 Å². The Labute approximate surface area is 91.6 Å². The summed E-state index contributed by atoms with van der Waals surface area (Å²) in [7, 11) is 0. The van der Waals surface area contributed by atoms with E-state index < -0.39 is 12.3 Å². The van der Waals surface area contributed by atoms with Crippen LogP contribution in [0.4, 0.5) is 19.0 Å². The summed E-state index contributed by atoms with van der Waals surface area (Å²) < 4.78 is 41.4. The molecule has 3 nitrogen and oxygen atoms in total. The second-order valence-corrected chi connectivity index (χ2v) is 3.21. The van der Waals surface area contributed by atoms with Crippen molar-refractivity contribution in [2.75, 3.05) is 11.9 Å². The van der Waals surface area contributed by atoms with E-state index in [0.29, 0.717) is 12.4 Å². The minimum Gasteiger partial charge on any atom is -0.481 e. The number of rotatable bonds is 4. The van der Waals surface area contributed by atoms with Crippen molar-refractivity contribution in [3.05, 3.63) is 18.3 Å². The molecule has 6 heteroatoms. The van der Waals surface area contributed by atoms with Gasteiger partial charge in [-0.1, -0.05) is 0 Å². The van der Waals surface area contributed by atoms with Crippen molar-refractivity contribution in [3.63, 3.8) is 0 Å². The summed E-state index contributed by atoms with van der Waals surface area (Å²) in [6, 6.07) is 2.83. The first-order chi connectivity index (χ1) is 7.43. The van der Waals surface area contributed by atoms with Gasteiger partial charge in [-0.3, -0.25) is 0 Å². The minimum atomic E-state index is -4.36. The number of anilines is 1. The fourth-order valence-electron chi connectivity index (χ4n) is 1.03. The summed E-state index contributed by atoms with van der Waals surface area (Å²) in [5, 5.41) is 2.89. The average Bonchev–Trinajstić information content (AvgIpc) is 2.17. The molecule has 0 aliphatic carbocycles. The van der Waals surface area contributed by atoms with Gasteiger partial charge in [0.25, 0.3) is 0 Å². The molecule has 1 rings (SSSR count). The third kappa shape index (κ3) is 3.60.